The first-order chi connectivity index (χ1) is 10.0. The summed E-state index contributed by atoms with van der Waals surface area (Å²) >= 11 is 0. The number of nitrogens with zero attached hydrogens (tertiary/aromatic N) is 2. The average Bonchev–Trinajstić information content (AvgIpc) is 2.96. The molecule has 6 nitrogen and oxygen atoms in total. The van der Waals surface area contributed by atoms with Crippen LogP contribution in [0.3, 0.4) is 0 Å². The Kier molecular flexibility index (Phi) is 5.69. The summed E-state index contributed by atoms with van der Waals surface area (Å²) in [4.78, 5) is 3.95. The van der Waals surface area contributed by atoms with E-state index in [-0.39, 0.29) is 12.7 Å². The predicted molar refractivity (Wildman–Crippen MR) is 79.3 cm³/mol. The molecule has 0 bridgehead atoms. The number of ether oxygens (including phenoxy) is 2. The minimum atomic E-state index is -3.30. The number of hydrogen-bond acceptors (Lipinski definition) is 5. The van der Waals surface area contributed by atoms with Gasteiger partial charge in [-0.25, -0.2) is 8.42 Å². The number of aromatic nitrogens is 1. The lowest BCUT2D eigenvalue weighted by atomic mass is 10.3. The number of methoxy groups -OCH3 is 1. The van der Waals surface area contributed by atoms with Crippen LogP contribution in [0.5, 0.6) is 0 Å². The molecule has 21 heavy (non-hydrogen) atoms. The van der Waals surface area contributed by atoms with Gasteiger partial charge >= 0.3 is 0 Å². The molecule has 0 radical (unpaired) electrons. The van der Waals surface area contributed by atoms with Crippen LogP contribution in [-0.4, -0.2) is 55.9 Å². The van der Waals surface area contributed by atoms with Crippen LogP contribution in [0.25, 0.3) is 0 Å². The first-order valence-corrected chi connectivity index (χ1v) is 8.52. The van der Waals surface area contributed by atoms with Gasteiger partial charge in [-0.2, -0.15) is 4.31 Å². The second-order valence-corrected chi connectivity index (χ2v) is 7.60. The van der Waals surface area contributed by atoms with Crippen LogP contribution in [0.15, 0.2) is 24.5 Å². The molecule has 1 fully saturated rings. The number of hydrogen-bond donors (Lipinski definition) is 0. The van der Waals surface area contributed by atoms with Gasteiger partial charge in [0.2, 0.25) is 10.0 Å². The molecular formula is C14H22N2O4S. The molecule has 1 aliphatic rings. The maximum absolute atomic E-state index is 12.3. The zero-order valence-corrected chi connectivity index (χ0v) is 13.3. The van der Waals surface area contributed by atoms with Crippen LogP contribution in [-0.2, 0) is 26.1 Å². The molecule has 0 amide bonds. The molecule has 1 aliphatic heterocycles. The summed E-state index contributed by atoms with van der Waals surface area (Å²) in [5.74, 6) is 0. The molecule has 7 heteroatoms. The summed E-state index contributed by atoms with van der Waals surface area (Å²) in [6.07, 6.45) is 4.11. The third kappa shape index (κ3) is 4.23. The molecule has 0 aromatic carbocycles. The van der Waals surface area contributed by atoms with Crippen molar-refractivity contribution in [2.45, 2.75) is 31.3 Å². The van der Waals surface area contributed by atoms with Crippen LogP contribution >= 0.6 is 0 Å². The van der Waals surface area contributed by atoms with Crippen molar-refractivity contribution in [3.05, 3.63) is 30.1 Å². The maximum atomic E-state index is 12.3. The van der Waals surface area contributed by atoms with Gasteiger partial charge in [0.15, 0.2) is 0 Å². The molecule has 0 aliphatic carbocycles. The van der Waals surface area contributed by atoms with E-state index in [0.29, 0.717) is 19.7 Å². The van der Waals surface area contributed by atoms with Crippen LogP contribution in [0.2, 0.25) is 0 Å². The Labute approximate surface area is 126 Å². The highest BCUT2D eigenvalue weighted by Crippen LogP contribution is 2.20. The Bertz CT molecular complexity index is 535. The van der Waals surface area contributed by atoms with E-state index in [1.54, 1.807) is 19.3 Å². The van der Waals surface area contributed by atoms with Crippen LogP contribution in [0, 0.1) is 0 Å². The van der Waals surface area contributed by atoms with E-state index in [9.17, 15) is 8.42 Å². The predicted octanol–water partition coefficient (Wildman–Crippen LogP) is 1.04. The molecule has 1 aromatic rings. The summed E-state index contributed by atoms with van der Waals surface area (Å²) in [6, 6.07) is 3.79. The summed E-state index contributed by atoms with van der Waals surface area (Å²) in [6.45, 7) is 3.29. The third-order valence-electron chi connectivity index (χ3n) is 3.61. The monoisotopic (exact) mass is 314 g/mol. The zero-order valence-electron chi connectivity index (χ0n) is 12.4. The molecule has 2 rings (SSSR count). The van der Waals surface area contributed by atoms with E-state index in [2.05, 4.69) is 4.98 Å². The van der Waals surface area contributed by atoms with Crippen molar-refractivity contribution in [3.8, 4) is 0 Å². The van der Waals surface area contributed by atoms with Crippen molar-refractivity contribution < 1.29 is 17.9 Å². The van der Waals surface area contributed by atoms with Crippen molar-refractivity contribution in [1.29, 1.82) is 0 Å². The average molecular weight is 314 g/mol. The van der Waals surface area contributed by atoms with Crippen molar-refractivity contribution in [2.24, 2.45) is 0 Å². The highest BCUT2D eigenvalue weighted by molar-refractivity contribution is 7.89. The fourth-order valence-corrected chi connectivity index (χ4v) is 3.88. The first-order valence-electron chi connectivity index (χ1n) is 7.02. The number of sulfonamides is 1. The Morgan fingerprint density at radius 2 is 2.14 bits per heavy atom. The summed E-state index contributed by atoms with van der Waals surface area (Å²) < 4.78 is 36.9. The normalized spacial score (nSPS) is 21.5. The second kappa shape index (κ2) is 7.31. The van der Waals surface area contributed by atoms with Crippen molar-refractivity contribution in [3.63, 3.8) is 0 Å². The van der Waals surface area contributed by atoms with Gasteiger partial charge < -0.3 is 9.47 Å². The van der Waals surface area contributed by atoms with Gasteiger partial charge in [-0.1, -0.05) is 0 Å². The van der Waals surface area contributed by atoms with E-state index in [1.165, 1.54) is 11.4 Å². The Morgan fingerprint density at radius 1 is 1.43 bits per heavy atom. The molecule has 0 spiro atoms. The van der Waals surface area contributed by atoms with Crippen LogP contribution < -0.4 is 0 Å². The number of pyridine rings is 1. The fraction of sp³-hybridized carbons (Fsp3) is 0.643. The Hall–Kier alpha value is -1.02. The van der Waals surface area contributed by atoms with E-state index in [4.69, 9.17) is 9.47 Å². The van der Waals surface area contributed by atoms with Gasteiger partial charge in [-0.05, 0) is 31.0 Å². The fourth-order valence-electron chi connectivity index (χ4n) is 2.33. The minimum Gasteiger partial charge on any atom is -0.383 e. The molecule has 0 saturated carbocycles. The second-order valence-electron chi connectivity index (χ2n) is 5.25. The van der Waals surface area contributed by atoms with E-state index >= 15 is 0 Å². The first kappa shape index (κ1) is 16.4. The van der Waals surface area contributed by atoms with Gasteiger partial charge in [-0.3, -0.25) is 4.98 Å². The highest BCUT2D eigenvalue weighted by Gasteiger charge is 2.35. The largest absolute Gasteiger partial charge is 0.383 e. The molecule has 1 aromatic heterocycles. The summed E-state index contributed by atoms with van der Waals surface area (Å²) in [5.41, 5.74) is 1.04. The number of rotatable bonds is 7. The quantitative estimate of drug-likeness (QED) is 0.752. The minimum absolute atomic E-state index is 0.0531. The van der Waals surface area contributed by atoms with Gasteiger partial charge in [0, 0.05) is 32.6 Å². The smallest absolute Gasteiger partial charge is 0.219 e. The molecule has 1 saturated heterocycles. The molecular weight excluding hydrogens is 292 g/mol. The molecule has 2 atom stereocenters. The topological polar surface area (TPSA) is 68.7 Å². The van der Waals surface area contributed by atoms with Crippen molar-refractivity contribution >= 4 is 10.0 Å². The Balaban J connectivity index is 1.86. The van der Waals surface area contributed by atoms with E-state index in [1.807, 2.05) is 12.1 Å². The molecule has 118 valence electrons. The summed E-state index contributed by atoms with van der Waals surface area (Å²) in [5, 5.41) is -0.526. The van der Waals surface area contributed by atoms with Crippen LogP contribution in [0.4, 0.5) is 0 Å². The maximum Gasteiger partial charge on any atom is 0.219 e. The Morgan fingerprint density at radius 3 is 2.81 bits per heavy atom. The van der Waals surface area contributed by atoms with Crippen molar-refractivity contribution in [1.82, 2.24) is 9.29 Å². The van der Waals surface area contributed by atoms with Gasteiger partial charge in [0.25, 0.3) is 0 Å². The highest BCUT2D eigenvalue weighted by atomic mass is 32.2. The van der Waals surface area contributed by atoms with E-state index in [0.717, 1.165) is 12.0 Å². The summed E-state index contributed by atoms with van der Waals surface area (Å²) in [7, 11) is -1.79. The molecule has 2 unspecified atom stereocenters. The lowest BCUT2D eigenvalue weighted by Crippen LogP contribution is -2.38. The van der Waals surface area contributed by atoms with Gasteiger partial charge in [0.1, 0.15) is 0 Å². The lowest BCUT2D eigenvalue weighted by molar-refractivity contribution is 0.0507. The van der Waals surface area contributed by atoms with E-state index < -0.39 is 15.3 Å². The lowest BCUT2D eigenvalue weighted by Gasteiger charge is -2.21. The van der Waals surface area contributed by atoms with Crippen molar-refractivity contribution in [2.75, 3.05) is 26.8 Å². The third-order valence-corrected chi connectivity index (χ3v) is 5.82. The molecule has 2 heterocycles. The van der Waals surface area contributed by atoms with Gasteiger partial charge in [0.05, 0.1) is 24.6 Å². The molecule has 0 N–H and O–H groups in total. The van der Waals surface area contributed by atoms with Gasteiger partial charge in [-0.15, -0.1) is 0 Å². The van der Waals surface area contributed by atoms with Crippen LogP contribution in [0.1, 0.15) is 18.9 Å². The standard InChI is InChI=1S/C14H22N2O4S/c1-12(10-19-2)21(17,18)16-8-5-14(9-16)20-11-13-3-6-15-7-4-13/h3-4,6-7,12,14H,5,8-11H2,1-2H3. The SMILES string of the molecule is COCC(C)S(=O)(=O)N1CCC(OCc2ccncc2)C1. The zero-order chi connectivity index (χ0) is 15.3.